The second-order valence-corrected chi connectivity index (χ2v) is 6.63. The van der Waals surface area contributed by atoms with Crippen molar-refractivity contribution in [1.82, 2.24) is 9.80 Å². The van der Waals surface area contributed by atoms with Crippen LogP contribution in [0.25, 0.3) is 6.08 Å². The fourth-order valence-electron chi connectivity index (χ4n) is 3.66. The summed E-state index contributed by atoms with van der Waals surface area (Å²) in [5.41, 5.74) is 1.18. The normalized spacial score (nSPS) is 26.9. The number of hydrogen-bond donors (Lipinski definition) is 1. The molecule has 1 N–H and O–H groups in total. The van der Waals surface area contributed by atoms with Gasteiger partial charge in [-0.2, -0.15) is 0 Å². The summed E-state index contributed by atoms with van der Waals surface area (Å²) in [6.07, 6.45) is 8.02. The Kier molecular flexibility index (Phi) is 5.70. The number of ether oxygens (including phenoxy) is 1. The first-order chi connectivity index (χ1) is 11.3. The van der Waals surface area contributed by atoms with Crippen LogP contribution in [-0.4, -0.2) is 66.9 Å². The number of piperidine rings is 1. The summed E-state index contributed by atoms with van der Waals surface area (Å²) >= 11 is 0. The Balaban J connectivity index is 1.49. The number of β-amino-alcohol motifs (C(OH)–C–C–N with tert-alkyl or cyclic N) is 1. The Morgan fingerprint density at radius 3 is 2.57 bits per heavy atom. The number of benzene rings is 1. The minimum atomic E-state index is -0.206. The third kappa shape index (κ3) is 4.34. The Morgan fingerprint density at radius 1 is 1.13 bits per heavy atom. The molecule has 0 bridgehead atoms. The zero-order chi connectivity index (χ0) is 16.1. The van der Waals surface area contributed by atoms with Gasteiger partial charge in [-0.25, -0.2) is 0 Å². The number of nitrogens with zero attached hydrogens (tertiary/aromatic N) is 2. The van der Waals surface area contributed by atoms with Crippen molar-refractivity contribution in [2.45, 2.75) is 31.4 Å². The zero-order valence-corrected chi connectivity index (χ0v) is 14.0. The minimum Gasteiger partial charge on any atom is -0.497 e. The van der Waals surface area contributed by atoms with Crippen LogP contribution in [0, 0.1) is 0 Å². The molecule has 0 amide bonds. The van der Waals surface area contributed by atoms with Gasteiger partial charge < -0.3 is 9.84 Å². The van der Waals surface area contributed by atoms with E-state index in [9.17, 15) is 5.11 Å². The average Bonchev–Trinajstić information content (AvgIpc) is 2.97. The van der Waals surface area contributed by atoms with E-state index >= 15 is 0 Å². The van der Waals surface area contributed by atoms with Gasteiger partial charge in [0.25, 0.3) is 0 Å². The van der Waals surface area contributed by atoms with Gasteiger partial charge in [-0.1, -0.05) is 30.7 Å². The first-order valence-corrected chi connectivity index (χ1v) is 8.71. The monoisotopic (exact) mass is 316 g/mol. The number of aliphatic hydroxyl groups is 1. The summed E-state index contributed by atoms with van der Waals surface area (Å²) in [5, 5.41) is 10.4. The summed E-state index contributed by atoms with van der Waals surface area (Å²) in [4.78, 5) is 4.84. The summed E-state index contributed by atoms with van der Waals surface area (Å²) in [5.74, 6) is 0.884. The van der Waals surface area contributed by atoms with Gasteiger partial charge in [0.1, 0.15) is 5.75 Å². The van der Waals surface area contributed by atoms with Crippen molar-refractivity contribution < 1.29 is 9.84 Å². The van der Waals surface area contributed by atoms with Crippen LogP contribution < -0.4 is 4.74 Å². The van der Waals surface area contributed by atoms with E-state index in [0.717, 1.165) is 38.5 Å². The fourth-order valence-corrected chi connectivity index (χ4v) is 3.66. The van der Waals surface area contributed by atoms with Crippen LogP contribution in [-0.2, 0) is 0 Å². The number of likely N-dealkylation sites (tertiary alicyclic amines) is 2. The molecule has 0 saturated carbocycles. The van der Waals surface area contributed by atoms with Crippen molar-refractivity contribution in [2.75, 3.05) is 39.8 Å². The summed E-state index contributed by atoms with van der Waals surface area (Å²) < 4.78 is 5.17. The molecular formula is C19H28N2O2. The van der Waals surface area contributed by atoms with Gasteiger partial charge in [0.05, 0.1) is 13.2 Å². The van der Waals surface area contributed by atoms with E-state index in [-0.39, 0.29) is 6.10 Å². The summed E-state index contributed by atoms with van der Waals surface area (Å²) in [6, 6.07) is 8.40. The largest absolute Gasteiger partial charge is 0.497 e. The van der Waals surface area contributed by atoms with Crippen molar-refractivity contribution in [3.05, 3.63) is 35.9 Å². The molecule has 1 aromatic rings. The van der Waals surface area contributed by atoms with Crippen molar-refractivity contribution >= 4 is 6.08 Å². The third-order valence-electron chi connectivity index (χ3n) is 4.98. The van der Waals surface area contributed by atoms with Crippen molar-refractivity contribution in [1.29, 1.82) is 0 Å². The van der Waals surface area contributed by atoms with Gasteiger partial charge in [-0.05, 0) is 43.6 Å². The molecule has 0 unspecified atom stereocenters. The minimum absolute atomic E-state index is 0.206. The topological polar surface area (TPSA) is 35.9 Å². The highest BCUT2D eigenvalue weighted by Crippen LogP contribution is 2.21. The highest BCUT2D eigenvalue weighted by atomic mass is 16.5. The van der Waals surface area contributed by atoms with E-state index in [4.69, 9.17) is 4.74 Å². The Morgan fingerprint density at radius 2 is 1.87 bits per heavy atom. The lowest BCUT2D eigenvalue weighted by Crippen LogP contribution is -2.45. The predicted octanol–water partition coefficient (Wildman–Crippen LogP) is 2.24. The van der Waals surface area contributed by atoms with Gasteiger partial charge in [-0.3, -0.25) is 9.80 Å². The molecule has 2 atom stereocenters. The van der Waals surface area contributed by atoms with Crippen LogP contribution in [0.5, 0.6) is 5.75 Å². The van der Waals surface area contributed by atoms with Gasteiger partial charge in [0, 0.05) is 25.7 Å². The fraction of sp³-hybridized carbons (Fsp3) is 0.579. The predicted molar refractivity (Wildman–Crippen MR) is 93.7 cm³/mol. The van der Waals surface area contributed by atoms with E-state index in [1.807, 2.05) is 12.1 Å². The van der Waals surface area contributed by atoms with Gasteiger partial charge in [-0.15, -0.1) is 0 Å². The first-order valence-electron chi connectivity index (χ1n) is 8.71. The number of hydrogen-bond acceptors (Lipinski definition) is 4. The molecule has 126 valence electrons. The van der Waals surface area contributed by atoms with E-state index < -0.39 is 0 Å². The molecule has 0 radical (unpaired) electrons. The molecule has 2 saturated heterocycles. The van der Waals surface area contributed by atoms with Gasteiger partial charge in [0.2, 0.25) is 0 Å². The Hall–Kier alpha value is -1.36. The molecule has 4 nitrogen and oxygen atoms in total. The van der Waals surface area contributed by atoms with E-state index in [2.05, 4.69) is 34.1 Å². The highest BCUT2D eigenvalue weighted by molar-refractivity contribution is 5.50. The first kappa shape index (κ1) is 16.5. The SMILES string of the molecule is COc1ccc(C=CCN2C[C@H](O)[C@@H](N3CCCCC3)C2)cc1. The molecule has 0 aromatic heterocycles. The second-order valence-electron chi connectivity index (χ2n) is 6.63. The second kappa shape index (κ2) is 7.95. The quantitative estimate of drug-likeness (QED) is 0.904. The van der Waals surface area contributed by atoms with Crippen LogP contribution in [0.15, 0.2) is 30.3 Å². The Bertz CT molecular complexity index is 509. The van der Waals surface area contributed by atoms with E-state index in [1.54, 1.807) is 7.11 Å². The van der Waals surface area contributed by atoms with Crippen LogP contribution in [0.3, 0.4) is 0 Å². The van der Waals surface area contributed by atoms with Crippen molar-refractivity contribution in [3.8, 4) is 5.75 Å². The van der Waals surface area contributed by atoms with E-state index in [0.29, 0.717) is 6.04 Å². The smallest absolute Gasteiger partial charge is 0.118 e. The van der Waals surface area contributed by atoms with Crippen molar-refractivity contribution in [3.63, 3.8) is 0 Å². The van der Waals surface area contributed by atoms with Crippen LogP contribution in [0.2, 0.25) is 0 Å². The molecule has 3 rings (SSSR count). The molecule has 0 aliphatic carbocycles. The molecule has 2 heterocycles. The molecule has 2 aliphatic heterocycles. The van der Waals surface area contributed by atoms with Gasteiger partial charge in [0.15, 0.2) is 0 Å². The maximum atomic E-state index is 10.4. The molecule has 2 aliphatic rings. The number of rotatable bonds is 5. The standard InChI is InChI=1S/C19H28N2O2/c1-23-17-9-7-16(8-10-17)6-5-11-20-14-18(19(22)15-20)21-12-3-2-4-13-21/h5-10,18-19,22H,2-4,11-15H2,1H3/t18-,19-/m0/s1. The number of aliphatic hydroxyl groups excluding tert-OH is 1. The lowest BCUT2D eigenvalue weighted by molar-refractivity contribution is 0.0706. The Labute approximate surface area is 139 Å². The summed E-state index contributed by atoms with van der Waals surface area (Å²) in [7, 11) is 1.68. The lowest BCUT2D eigenvalue weighted by atomic mass is 10.1. The lowest BCUT2D eigenvalue weighted by Gasteiger charge is -2.33. The van der Waals surface area contributed by atoms with Gasteiger partial charge >= 0.3 is 0 Å². The van der Waals surface area contributed by atoms with E-state index in [1.165, 1.54) is 24.8 Å². The highest BCUT2D eigenvalue weighted by Gasteiger charge is 2.35. The van der Waals surface area contributed by atoms with Crippen LogP contribution >= 0.6 is 0 Å². The third-order valence-corrected chi connectivity index (χ3v) is 4.98. The zero-order valence-electron chi connectivity index (χ0n) is 14.0. The molecule has 1 aromatic carbocycles. The summed E-state index contributed by atoms with van der Waals surface area (Å²) in [6.45, 7) is 4.96. The maximum Gasteiger partial charge on any atom is 0.118 e. The molecule has 4 heteroatoms. The number of methoxy groups -OCH3 is 1. The van der Waals surface area contributed by atoms with Crippen LogP contribution in [0.1, 0.15) is 24.8 Å². The maximum absolute atomic E-state index is 10.4. The molecule has 2 fully saturated rings. The molecule has 0 spiro atoms. The van der Waals surface area contributed by atoms with Crippen LogP contribution in [0.4, 0.5) is 0 Å². The van der Waals surface area contributed by atoms with Crippen molar-refractivity contribution in [2.24, 2.45) is 0 Å². The molecular weight excluding hydrogens is 288 g/mol. The molecule has 23 heavy (non-hydrogen) atoms. The average molecular weight is 316 g/mol.